The van der Waals surface area contributed by atoms with E-state index in [1.165, 1.54) is 10.6 Å². The molecule has 2 N–H and O–H groups in total. The van der Waals surface area contributed by atoms with Crippen LogP contribution in [0.5, 0.6) is 0 Å². The third kappa shape index (κ3) is 4.32. The minimum Gasteiger partial charge on any atom is -0.476 e. The fourth-order valence-electron chi connectivity index (χ4n) is 5.47. The van der Waals surface area contributed by atoms with Crippen LogP contribution in [-0.4, -0.2) is 38.1 Å². The van der Waals surface area contributed by atoms with E-state index in [-0.39, 0.29) is 28.2 Å². The second-order valence-electron chi connectivity index (χ2n) is 10.3. The van der Waals surface area contributed by atoms with Crippen molar-refractivity contribution in [2.45, 2.75) is 26.3 Å². The Balaban J connectivity index is 1.40. The number of hydrogen-bond acceptors (Lipinski definition) is 6. The first-order valence-electron chi connectivity index (χ1n) is 12.7. The van der Waals surface area contributed by atoms with Gasteiger partial charge in [0.15, 0.2) is 5.69 Å². The van der Waals surface area contributed by atoms with Gasteiger partial charge in [0.1, 0.15) is 11.0 Å². The van der Waals surface area contributed by atoms with Crippen molar-refractivity contribution in [2.24, 2.45) is 18.9 Å². The smallest absolute Gasteiger partial charge is 0.356 e. The summed E-state index contributed by atoms with van der Waals surface area (Å²) in [5, 5.41) is 13.4. The zero-order valence-corrected chi connectivity index (χ0v) is 22.4. The molecule has 6 rings (SSSR count). The van der Waals surface area contributed by atoms with Gasteiger partial charge >= 0.3 is 5.97 Å². The largest absolute Gasteiger partial charge is 0.476 e. The number of halogens is 1. The molecule has 1 amide bonds. The Hall–Kier alpha value is -4.24. The number of carbonyl (C=O) groups is 2. The van der Waals surface area contributed by atoms with Crippen LogP contribution in [0.2, 0.25) is 5.15 Å². The fraction of sp³-hybridized carbons (Fsp3) is 0.276. The molecule has 39 heavy (non-hydrogen) atoms. The minimum absolute atomic E-state index is 0.0818. The SMILES string of the molecule is Cc1cc([C@@H](C)Nc2ccc(Cl)nc2C(=O)O)c2nc(-c3ccc(N4CC5CC5C4=O)cc3)n(C)c(=O)c2c1. The molecule has 1 saturated heterocycles. The number of nitrogens with zero attached hydrogens (tertiary/aromatic N) is 4. The van der Waals surface area contributed by atoms with E-state index in [9.17, 15) is 19.5 Å². The molecule has 198 valence electrons. The van der Waals surface area contributed by atoms with Crippen LogP contribution in [0.4, 0.5) is 11.4 Å². The van der Waals surface area contributed by atoms with Crippen molar-refractivity contribution < 1.29 is 14.7 Å². The number of pyridine rings is 1. The first-order valence-corrected chi connectivity index (χ1v) is 13.1. The van der Waals surface area contributed by atoms with Crippen LogP contribution >= 0.6 is 11.6 Å². The van der Waals surface area contributed by atoms with Crippen molar-refractivity contribution in [3.8, 4) is 11.4 Å². The van der Waals surface area contributed by atoms with Crippen molar-refractivity contribution in [1.29, 1.82) is 0 Å². The van der Waals surface area contributed by atoms with Crippen LogP contribution in [-0.2, 0) is 11.8 Å². The summed E-state index contributed by atoms with van der Waals surface area (Å²) in [6, 6.07) is 14.0. The number of anilines is 2. The van der Waals surface area contributed by atoms with Gasteiger partial charge in [0, 0.05) is 36.3 Å². The Labute approximate surface area is 229 Å². The Morgan fingerprint density at radius 2 is 1.87 bits per heavy atom. The van der Waals surface area contributed by atoms with Crippen LogP contribution in [0.1, 0.15) is 41.0 Å². The zero-order chi connectivity index (χ0) is 27.6. The molecule has 2 unspecified atom stereocenters. The number of hydrogen-bond donors (Lipinski definition) is 2. The van der Waals surface area contributed by atoms with Gasteiger partial charge in [-0.2, -0.15) is 0 Å². The lowest BCUT2D eigenvalue weighted by atomic mass is 10.0. The lowest BCUT2D eigenvalue weighted by Crippen LogP contribution is -2.27. The van der Waals surface area contributed by atoms with E-state index < -0.39 is 12.0 Å². The molecule has 1 saturated carbocycles. The van der Waals surface area contributed by atoms with Crippen LogP contribution in [0.25, 0.3) is 22.3 Å². The standard InChI is InChI=1S/C29H26ClN5O4/c1-14-10-19(15(2)31-22-8-9-23(30)32-25(22)29(38)39)24-21(11-14)27(36)34(3)26(33-24)16-4-6-18(7-5-16)35-13-17-12-20(17)28(35)37/h4-11,15,17,20,31H,12-13H2,1-3H3,(H,38,39)/t15-,17?,20?/m1/s1. The predicted molar refractivity (Wildman–Crippen MR) is 149 cm³/mol. The van der Waals surface area contributed by atoms with E-state index in [4.69, 9.17) is 16.6 Å². The monoisotopic (exact) mass is 543 g/mol. The van der Waals surface area contributed by atoms with Gasteiger partial charge in [-0.15, -0.1) is 0 Å². The molecule has 0 spiro atoms. The molecular formula is C29H26ClN5O4. The number of nitrogens with one attached hydrogen (secondary N) is 1. The predicted octanol–water partition coefficient (Wildman–Crippen LogP) is 4.81. The summed E-state index contributed by atoms with van der Waals surface area (Å²) in [6.07, 6.45) is 0.998. The van der Waals surface area contributed by atoms with Crippen molar-refractivity contribution >= 4 is 45.8 Å². The number of aromatic carboxylic acids is 1. The van der Waals surface area contributed by atoms with Gasteiger partial charge in [0.2, 0.25) is 5.91 Å². The van der Waals surface area contributed by atoms with Gasteiger partial charge < -0.3 is 15.3 Å². The first-order chi connectivity index (χ1) is 18.6. The molecule has 3 atom stereocenters. The number of rotatable bonds is 6. The first kappa shape index (κ1) is 25.1. The Morgan fingerprint density at radius 3 is 2.54 bits per heavy atom. The molecule has 10 heteroatoms. The van der Waals surface area contributed by atoms with Crippen molar-refractivity contribution in [1.82, 2.24) is 14.5 Å². The van der Waals surface area contributed by atoms with Gasteiger partial charge in [0.25, 0.3) is 5.56 Å². The lowest BCUT2D eigenvalue weighted by Gasteiger charge is -2.20. The summed E-state index contributed by atoms with van der Waals surface area (Å²) in [4.78, 5) is 48.4. The highest BCUT2D eigenvalue weighted by Crippen LogP contribution is 2.47. The number of piperidine rings is 1. The second kappa shape index (κ2) is 9.20. The highest BCUT2D eigenvalue weighted by molar-refractivity contribution is 6.29. The van der Waals surface area contributed by atoms with Crippen LogP contribution in [0.15, 0.2) is 53.3 Å². The molecule has 3 heterocycles. The maximum absolute atomic E-state index is 13.5. The number of carboxylic acids is 1. The summed E-state index contributed by atoms with van der Waals surface area (Å²) < 4.78 is 1.53. The molecule has 2 aromatic carbocycles. The Morgan fingerprint density at radius 1 is 1.13 bits per heavy atom. The summed E-state index contributed by atoms with van der Waals surface area (Å²) in [6.45, 7) is 4.54. The molecular weight excluding hydrogens is 518 g/mol. The molecule has 1 aliphatic heterocycles. The number of carbonyl (C=O) groups excluding carboxylic acids is 1. The topological polar surface area (TPSA) is 117 Å². The number of amides is 1. The lowest BCUT2D eigenvalue weighted by molar-refractivity contribution is -0.118. The van der Waals surface area contributed by atoms with Crippen LogP contribution in [0, 0.1) is 18.8 Å². The molecule has 1 aliphatic carbocycles. The summed E-state index contributed by atoms with van der Waals surface area (Å²) in [5.41, 5.74) is 3.67. The zero-order valence-electron chi connectivity index (χ0n) is 21.6. The molecule has 2 aliphatic rings. The third-order valence-electron chi connectivity index (χ3n) is 7.62. The van der Waals surface area contributed by atoms with E-state index in [1.54, 1.807) is 13.1 Å². The highest BCUT2D eigenvalue weighted by Gasteiger charge is 2.52. The van der Waals surface area contributed by atoms with E-state index >= 15 is 0 Å². The van der Waals surface area contributed by atoms with E-state index in [0.29, 0.717) is 28.3 Å². The average molecular weight is 544 g/mol. The van der Waals surface area contributed by atoms with Gasteiger partial charge in [-0.05, 0) is 74.2 Å². The summed E-state index contributed by atoms with van der Waals surface area (Å²) >= 11 is 5.91. The quantitative estimate of drug-likeness (QED) is 0.335. The Bertz CT molecular complexity index is 1730. The third-order valence-corrected chi connectivity index (χ3v) is 7.83. The number of aryl methyl sites for hydroxylation is 1. The maximum Gasteiger partial charge on any atom is 0.356 e. The fourth-order valence-corrected chi connectivity index (χ4v) is 5.61. The Kier molecular flexibility index (Phi) is 5.91. The molecule has 9 nitrogen and oxygen atoms in total. The van der Waals surface area contributed by atoms with E-state index in [1.807, 2.05) is 55.1 Å². The van der Waals surface area contributed by atoms with Crippen molar-refractivity contribution in [3.05, 3.63) is 80.9 Å². The van der Waals surface area contributed by atoms with Gasteiger partial charge in [-0.3, -0.25) is 14.2 Å². The highest BCUT2D eigenvalue weighted by atomic mass is 35.5. The molecule has 4 aromatic rings. The van der Waals surface area contributed by atoms with E-state index in [2.05, 4.69) is 10.3 Å². The average Bonchev–Trinajstić information content (AvgIpc) is 3.62. The number of carboxylic acid groups (broad SMARTS) is 1. The molecule has 0 bridgehead atoms. The number of fused-ring (bicyclic) bond motifs is 2. The molecule has 2 fully saturated rings. The van der Waals surface area contributed by atoms with Crippen molar-refractivity contribution in [3.63, 3.8) is 0 Å². The second-order valence-corrected chi connectivity index (χ2v) is 10.7. The van der Waals surface area contributed by atoms with Gasteiger partial charge in [0.05, 0.1) is 22.6 Å². The van der Waals surface area contributed by atoms with Crippen molar-refractivity contribution in [2.75, 3.05) is 16.8 Å². The minimum atomic E-state index is -1.20. The number of aromatic nitrogens is 3. The maximum atomic E-state index is 13.5. The summed E-state index contributed by atoms with van der Waals surface area (Å²) in [7, 11) is 1.69. The molecule has 2 aromatic heterocycles. The molecule has 0 radical (unpaired) electrons. The van der Waals surface area contributed by atoms with Gasteiger partial charge in [-0.1, -0.05) is 17.7 Å². The van der Waals surface area contributed by atoms with Gasteiger partial charge in [-0.25, -0.2) is 14.8 Å². The number of benzene rings is 2. The summed E-state index contributed by atoms with van der Waals surface area (Å²) in [5.74, 6) is 0.138. The van der Waals surface area contributed by atoms with E-state index in [0.717, 1.165) is 35.3 Å². The van der Waals surface area contributed by atoms with Crippen LogP contribution < -0.4 is 15.8 Å². The van der Waals surface area contributed by atoms with Crippen LogP contribution in [0.3, 0.4) is 0 Å². The normalized spacial score (nSPS) is 18.8.